The normalized spacial score (nSPS) is 14.8. The highest BCUT2D eigenvalue weighted by Gasteiger charge is 2.38. The summed E-state index contributed by atoms with van der Waals surface area (Å²) in [5.41, 5.74) is 6.19. The fraction of sp³-hybridized carbons (Fsp3) is 0.538. The molecular weight excluding hydrogens is 312 g/mol. The highest BCUT2D eigenvalue weighted by Crippen LogP contribution is 2.62. The third-order valence-corrected chi connectivity index (χ3v) is 8.53. The molecule has 1 aromatic rings. The Morgan fingerprint density at radius 3 is 2.05 bits per heavy atom. The van der Waals surface area contributed by atoms with Gasteiger partial charge < -0.3 is 19.3 Å². The van der Waals surface area contributed by atoms with Crippen molar-refractivity contribution in [1.29, 1.82) is 0 Å². The van der Waals surface area contributed by atoms with E-state index in [0.717, 1.165) is 0 Å². The lowest BCUT2D eigenvalue weighted by molar-refractivity contribution is 0.222. The van der Waals surface area contributed by atoms with Crippen molar-refractivity contribution in [3.05, 3.63) is 24.3 Å². The van der Waals surface area contributed by atoms with Gasteiger partial charge in [-0.15, -0.1) is 0 Å². The first-order chi connectivity index (χ1) is 9.89. The minimum Gasteiger partial charge on any atom is -0.399 e. The first-order valence-electron chi connectivity index (χ1n) is 6.87. The summed E-state index contributed by atoms with van der Waals surface area (Å²) in [6.07, 6.45) is 0. The van der Waals surface area contributed by atoms with E-state index in [2.05, 4.69) is 0 Å². The Bertz CT molecular complexity index is 539. The molecule has 0 aromatic heterocycles. The Kier molecular flexibility index (Phi) is 7.11. The van der Waals surface area contributed by atoms with Crippen LogP contribution in [0.1, 0.15) is 20.8 Å². The van der Waals surface area contributed by atoms with Gasteiger partial charge in [-0.2, -0.15) is 0 Å². The maximum Gasteiger partial charge on any atom is 0.340 e. The maximum atomic E-state index is 13.1. The molecule has 2 N–H and O–H groups in total. The van der Waals surface area contributed by atoms with Crippen molar-refractivity contribution < 1.29 is 22.7 Å². The third kappa shape index (κ3) is 5.24. The second kappa shape index (κ2) is 8.11. The molecule has 6 nitrogen and oxygen atoms in total. The molecule has 0 saturated carbocycles. The fourth-order valence-electron chi connectivity index (χ4n) is 1.88. The topological polar surface area (TPSA) is 87.9 Å². The molecule has 0 amide bonds. The van der Waals surface area contributed by atoms with Gasteiger partial charge in [0.1, 0.15) is 5.90 Å². The zero-order valence-electron chi connectivity index (χ0n) is 12.7. The molecule has 0 saturated heterocycles. The Morgan fingerprint density at radius 2 is 1.57 bits per heavy atom. The summed E-state index contributed by atoms with van der Waals surface area (Å²) in [5.74, 6) is -0.293. The van der Waals surface area contributed by atoms with Crippen LogP contribution in [0.25, 0.3) is 0 Å². The second-order valence-electron chi connectivity index (χ2n) is 4.27. The Balaban J connectivity index is 3.15. The van der Waals surface area contributed by atoms with Crippen LogP contribution >= 0.6 is 15.0 Å². The van der Waals surface area contributed by atoms with Gasteiger partial charge in [0.05, 0.1) is 19.8 Å². The summed E-state index contributed by atoms with van der Waals surface area (Å²) in [4.78, 5) is 0. The average molecular weight is 335 g/mol. The van der Waals surface area contributed by atoms with E-state index in [1.165, 1.54) is 0 Å². The SMILES string of the molecule is CCOP(=O)(CP(=O)(OCC)c1cccc(N)c1)OCC. The van der Waals surface area contributed by atoms with Crippen LogP contribution in [0.3, 0.4) is 0 Å². The molecule has 8 heteroatoms. The monoisotopic (exact) mass is 335 g/mol. The first-order valence-corrected chi connectivity index (χ1v) is 10.4. The third-order valence-electron chi connectivity index (χ3n) is 2.61. The number of nitrogens with two attached hydrogens (primary N) is 1. The van der Waals surface area contributed by atoms with Crippen molar-refractivity contribution >= 4 is 26.0 Å². The van der Waals surface area contributed by atoms with Crippen LogP contribution < -0.4 is 11.0 Å². The molecule has 1 aromatic carbocycles. The van der Waals surface area contributed by atoms with Crippen LogP contribution in [0, 0.1) is 0 Å². The van der Waals surface area contributed by atoms with Crippen LogP contribution in [0.15, 0.2) is 24.3 Å². The molecule has 120 valence electrons. The Morgan fingerprint density at radius 1 is 1.00 bits per heavy atom. The minimum atomic E-state index is -3.48. The van der Waals surface area contributed by atoms with E-state index < -0.39 is 15.0 Å². The van der Waals surface area contributed by atoms with Gasteiger partial charge in [0.25, 0.3) is 0 Å². The van der Waals surface area contributed by atoms with Crippen LogP contribution in [-0.4, -0.2) is 25.7 Å². The summed E-state index contributed by atoms with van der Waals surface area (Å²) >= 11 is 0. The molecule has 0 aliphatic heterocycles. The number of anilines is 1. The van der Waals surface area contributed by atoms with Crippen molar-refractivity contribution in [3.8, 4) is 0 Å². The first kappa shape index (κ1) is 18.4. The summed E-state index contributed by atoms with van der Waals surface area (Å²) in [6, 6.07) is 6.58. The molecule has 0 heterocycles. The van der Waals surface area contributed by atoms with E-state index in [-0.39, 0.29) is 25.7 Å². The van der Waals surface area contributed by atoms with Crippen molar-refractivity contribution in [2.45, 2.75) is 20.8 Å². The summed E-state index contributed by atoms with van der Waals surface area (Å²) < 4.78 is 41.6. The van der Waals surface area contributed by atoms with Crippen molar-refractivity contribution in [2.24, 2.45) is 0 Å². The quantitative estimate of drug-likeness (QED) is 0.549. The highest BCUT2D eigenvalue weighted by atomic mass is 31.2. The smallest absolute Gasteiger partial charge is 0.340 e. The van der Waals surface area contributed by atoms with Crippen molar-refractivity contribution in [1.82, 2.24) is 0 Å². The molecule has 1 atom stereocenters. The van der Waals surface area contributed by atoms with Crippen LogP contribution in [0.4, 0.5) is 5.69 Å². The zero-order valence-corrected chi connectivity index (χ0v) is 14.4. The van der Waals surface area contributed by atoms with Crippen LogP contribution in [0.2, 0.25) is 0 Å². The van der Waals surface area contributed by atoms with Gasteiger partial charge in [0.15, 0.2) is 0 Å². The van der Waals surface area contributed by atoms with Gasteiger partial charge in [0, 0.05) is 11.0 Å². The van der Waals surface area contributed by atoms with Crippen LogP contribution in [0.5, 0.6) is 0 Å². The molecule has 21 heavy (non-hydrogen) atoms. The van der Waals surface area contributed by atoms with E-state index in [4.69, 9.17) is 19.3 Å². The Hall–Kier alpha value is -0.640. The summed E-state index contributed by atoms with van der Waals surface area (Å²) in [5, 5.41) is 0.420. The zero-order chi connectivity index (χ0) is 15.9. The van der Waals surface area contributed by atoms with E-state index in [1.807, 2.05) is 0 Å². The lowest BCUT2D eigenvalue weighted by Gasteiger charge is -2.23. The van der Waals surface area contributed by atoms with E-state index in [9.17, 15) is 9.13 Å². The van der Waals surface area contributed by atoms with Crippen LogP contribution in [-0.2, 0) is 22.7 Å². The predicted molar refractivity (Wildman–Crippen MR) is 85.4 cm³/mol. The minimum absolute atomic E-state index is 0.209. The van der Waals surface area contributed by atoms with Crippen molar-refractivity contribution in [2.75, 3.05) is 31.5 Å². The van der Waals surface area contributed by atoms with Gasteiger partial charge in [-0.3, -0.25) is 9.13 Å². The Labute approximate surface area is 126 Å². The van der Waals surface area contributed by atoms with E-state index in [1.54, 1.807) is 45.0 Å². The maximum absolute atomic E-state index is 13.1. The van der Waals surface area contributed by atoms with Gasteiger partial charge in [0.2, 0.25) is 7.37 Å². The highest BCUT2D eigenvalue weighted by molar-refractivity contribution is 7.78. The molecule has 1 unspecified atom stereocenters. The molecule has 0 spiro atoms. The summed E-state index contributed by atoms with van der Waals surface area (Å²) in [6.45, 7) is 5.78. The average Bonchev–Trinajstić information content (AvgIpc) is 2.39. The molecule has 0 radical (unpaired) electrons. The molecule has 0 aliphatic rings. The van der Waals surface area contributed by atoms with E-state index >= 15 is 0 Å². The fourth-order valence-corrected chi connectivity index (χ4v) is 7.43. The van der Waals surface area contributed by atoms with E-state index in [0.29, 0.717) is 11.0 Å². The lowest BCUT2D eigenvalue weighted by Crippen LogP contribution is -2.13. The predicted octanol–water partition coefficient (Wildman–Crippen LogP) is 3.43. The second-order valence-corrected chi connectivity index (χ2v) is 9.27. The number of rotatable bonds is 9. The number of hydrogen-bond acceptors (Lipinski definition) is 6. The van der Waals surface area contributed by atoms with Crippen molar-refractivity contribution in [3.63, 3.8) is 0 Å². The number of benzene rings is 1. The molecule has 0 aliphatic carbocycles. The molecule has 1 rings (SSSR count). The lowest BCUT2D eigenvalue weighted by atomic mass is 10.3. The summed E-state index contributed by atoms with van der Waals surface area (Å²) in [7, 11) is -6.85. The molecule has 0 fully saturated rings. The standard InChI is InChI=1S/C13H23NO5P2/c1-4-17-20(15,13-9-7-8-12(14)10-13)11-21(16,18-5-2)19-6-3/h7-10H,4-6,11,14H2,1-3H3. The largest absolute Gasteiger partial charge is 0.399 e. The number of hydrogen-bond donors (Lipinski definition) is 1. The van der Waals surface area contributed by atoms with Gasteiger partial charge >= 0.3 is 7.60 Å². The van der Waals surface area contributed by atoms with Gasteiger partial charge in [-0.05, 0) is 39.0 Å². The van der Waals surface area contributed by atoms with Gasteiger partial charge in [-0.1, -0.05) is 6.07 Å². The van der Waals surface area contributed by atoms with Gasteiger partial charge in [-0.25, -0.2) is 0 Å². The molecular formula is C13H23NO5P2. The number of nitrogen functional groups attached to an aromatic ring is 1. The molecule has 0 bridgehead atoms.